The van der Waals surface area contributed by atoms with Crippen molar-refractivity contribution >= 4 is 17.9 Å². The van der Waals surface area contributed by atoms with Crippen LogP contribution in [0.15, 0.2) is 158 Å². The zero-order valence-corrected chi connectivity index (χ0v) is 52.2. The zero-order chi connectivity index (χ0) is 58.5. The van der Waals surface area contributed by atoms with Gasteiger partial charge in [0.2, 0.25) is 0 Å². The summed E-state index contributed by atoms with van der Waals surface area (Å²) < 4.78 is 16.9. The molecule has 0 spiro atoms. The Morgan fingerprint density at radius 3 is 0.704 bits per heavy atom. The van der Waals surface area contributed by atoms with Gasteiger partial charge in [-0.1, -0.05) is 275 Å². The lowest BCUT2D eigenvalue weighted by Crippen LogP contribution is -2.30. The van der Waals surface area contributed by atoms with Gasteiger partial charge in [-0.3, -0.25) is 14.4 Å². The first-order valence-electron chi connectivity index (χ1n) is 33.0. The number of rotatable bonds is 58. The van der Waals surface area contributed by atoms with E-state index in [1.165, 1.54) is 83.5 Å². The fraction of sp³-hybridized carbons (Fsp3) is 0.613. The van der Waals surface area contributed by atoms with E-state index in [0.717, 1.165) is 154 Å². The van der Waals surface area contributed by atoms with Crippen molar-refractivity contribution in [2.24, 2.45) is 0 Å². The lowest BCUT2D eigenvalue weighted by atomic mass is 10.0. The summed E-state index contributed by atoms with van der Waals surface area (Å²) in [6.45, 7) is 6.27. The van der Waals surface area contributed by atoms with Gasteiger partial charge in [-0.05, 0) is 141 Å². The van der Waals surface area contributed by atoms with Crippen molar-refractivity contribution in [2.45, 2.75) is 284 Å². The molecule has 0 aromatic heterocycles. The number of carbonyl (C=O) groups is 3. The molecule has 1 atom stereocenters. The fourth-order valence-electron chi connectivity index (χ4n) is 8.69. The van der Waals surface area contributed by atoms with Crippen molar-refractivity contribution in [1.29, 1.82) is 0 Å². The second-order valence-electron chi connectivity index (χ2n) is 21.2. The summed E-state index contributed by atoms with van der Waals surface area (Å²) in [7, 11) is 0. The maximum atomic E-state index is 12.9. The maximum Gasteiger partial charge on any atom is 0.306 e. The highest BCUT2D eigenvalue weighted by molar-refractivity contribution is 5.71. The van der Waals surface area contributed by atoms with Gasteiger partial charge in [0.15, 0.2) is 6.10 Å². The van der Waals surface area contributed by atoms with E-state index in [1.807, 2.05) is 0 Å². The van der Waals surface area contributed by atoms with Gasteiger partial charge in [0.25, 0.3) is 0 Å². The van der Waals surface area contributed by atoms with Crippen LogP contribution in [0.25, 0.3) is 0 Å². The van der Waals surface area contributed by atoms with Crippen LogP contribution in [0.3, 0.4) is 0 Å². The molecule has 0 fully saturated rings. The Morgan fingerprint density at radius 2 is 0.444 bits per heavy atom. The lowest BCUT2D eigenvalue weighted by molar-refractivity contribution is -0.167. The number of carbonyl (C=O) groups excluding carboxylic acids is 3. The summed E-state index contributed by atoms with van der Waals surface area (Å²) >= 11 is 0. The first-order valence-corrected chi connectivity index (χ1v) is 33.0. The predicted molar refractivity (Wildman–Crippen MR) is 352 cm³/mol. The van der Waals surface area contributed by atoms with Gasteiger partial charge in [-0.2, -0.15) is 0 Å². The molecule has 1 unspecified atom stereocenters. The van der Waals surface area contributed by atoms with Crippen LogP contribution in [0.1, 0.15) is 278 Å². The van der Waals surface area contributed by atoms with E-state index >= 15 is 0 Å². The van der Waals surface area contributed by atoms with Crippen LogP contribution in [0, 0.1) is 0 Å². The number of esters is 3. The minimum Gasteiger partial charge on any atom is -0.462 e. The van der Waals surface area contributed by atoms with E-state index in [2.05, 4.69) is 179 Å². The first kappa shape index (κ1) is 76.0. The van der Waals surface area contributed by atoms with Crippen LogP contribution in [0.2, 0.25) is 0 Å². The average Bonchev–Trinajstić information content (AvgIpc) is 3.46. The molecule has 0 saturated heterocycles. The predicted octanol–water partition coefficient (Wildman–Crippen LogP) is 22.9. The SMILES string of the molecule is CC/C=C\C/C=C\C/C=C\C/C=C\C/C=C\C/C=C\C/C=C\CCCCCCCCCCCCCC(=O)OCC(COC(=O)CCCCC/C=C\C/C=C\C/C=C\CC)OC(=O)CCCCCCCCC/C=C\C/C=C\C/C=C\CC. The summed E-state index contributed by atoms with van der Waals surface area (Å²) in [5.41, 5.74) is 0. The van der Waals surface area contributed by atoms with E-state index in [1.54, 1.807) is 0 Å². The fourth-order valence-corrected chi connectivity index (χ4v) is 8.69. The lowest BCUT2D eigenvalue weighted by Gasteiger charge is -2.18. The van der Waals surface area contributed by atoms with Crippen LogP contribution >= 0.6 is 0 Å². The van der Waals surface area contributed by atoms with Gasteiger partial charge >= 0.3 is 17.9 Å². The standard InChI is InChI=1S/C75H120O6/c1-4-7-10-13-16-19-22-25-27-29-30-31-32-33-34-35-36-37-38-39-40-41-42-43-44-46-47-50-53-56-59-62-65-68-74(77)80-71-72(70-79-73(76)67-64-61-58-55-52-49-24-21-18-15-12-9-6-3)81-75(78)69-66-63-60-57-54-51-48-45-28-26-23-20-17-14-11-8-5-2/h7-12,16-21,25-28,30-31,33-34,36-37,39-40,49,52,72H,4-6,13-15,22-24,29,32,35,38,41-48,50-51,53-71H2,1-3H3/b10-7-,11-8-,12-9-,19-16-,20-17-,21-18-,27-25-,28-26-,31-30-,34-33-,37-36-,40-39-,52-49-. The molecule has 0 radical (unpaired) electrons. The number of unbranched alkanes of at least 4 members (excludes halogenated alkanes) is 21. The Bertz CT molecular complexity index is 1810. The molecule has 0 N–H and O–H groups in total. The third kappa shape index (κ3) is 65.7. The summed E-state index contributed by atoms with van der Waals surface area (Å²) in [5.74, 6) is -0.942. The monoisotopic (exact) mass is 1120 g/mol. The van der Waals surface area contributed by atoms with Crippen molar-refractivity contribution < 1.29 is 28.6 Å². The summed E-state index contributed by atoms with van der Waals surface area (Å²) in [6, 6.07) is 0. The third-order valence-electron chi connectivity index (χ3n) is 13.5. The maximum absolute atomic E-state index is 12.9. The molecular weight excluding hydrogens is 997 g/mol. The molecule has 0 saturated carbocycles. The van der Waals surface area contributed by atoms with Gasteiger partial charge < -0.3 is 14.2 Å². The van der Waals surface area contributed by atoms with Gasteiger partial charge in [-0.25, -0.2) is 0 Å². The highest BCUT2D eigenvalue weighted by Gasteiger charge is 2.19. The van der Waals surface area contributed by atoms with Crippen molar-refractivity contribution in [3.05, 3.63) is 158 Å². The van der Waals surface area contributed by atoms with Crippen molar-refractivity contribution in [3.63, 3.8) is 0 Å². The summed E-state index contributed by atoms with van der Waals surface area (Å²) in [6.07, 6.45) is 98.3. The van der Waals surface area contributed by atoms with Gasteiger partial charge in [-0.15, -0.1) is 0 Å². The minimum absolute atomic E-state index is 0.0981. The number of hydrogen-bond acceptors (Lipinski definition) is 6. The topological polar surface area (TPSA) is 78.9 Å². The smallest absolute Gasteiger partial charge is 0.306 e. The number of allylic oxidation sites excluding steroid dienone is 26. The summed E-state index contributed by atoms with van der Waals surface area (Å²) in [4.78, 5) is 38.3. The van der Waals surface area contributed by atoms with Gasteiger partial charge in [0.05, 0.1) is 0 Å². The van der Waals surface area contributed by atoms with Crippen LogP contribution in [-0.4, -0.2) is 37.2 Å². The van der Waals surface area contributed by atoms with Crippen molar-refractivity contribution in [3.8, 4) is 0 Å². The Hall–Kier alpha value is -4.97. The molecular formula is C75H120O6. The molecule has 0 aromatic rings. The van der Waals surface area contributed by atoms with Gasteiger partial charge in [0, 0.05) is 19.3 Å². The van der Waals surface area contributed by atoms with Crippen LogP contribution in [0.4, 0.5) is 0 Å². The minimum atomic E-state index is -0.804. The quantitative estimate of drug-likeness (QED) is 0.0261. The third-order valence-corrected chi connectivity index (χ3v) is 13.5. The molecule has 0 rings (SSSR count). The largest absolute Gasteiger partial charge is 0.462 e. The molecule has 6 heteroatoms. The second-order valence-corrected chi connectivity index (χ2v) is 21.2. The first-order chi connectivity index (χ1) is 40.0. The molecule has 0 aliphatic carbocycles. The molecule has 0 aliphatic heterocycles. The molecule has 0 heterocycles. The van der Waals surface area contributed by atoms with Crippen LogP contribution in [0.5, 0.6) is 0 Å². The molecule has 81 heavy (non-hydrogen) atoms. The number of ether oxygens (including phenoxy) is 3. The molecule has 0 aliphatic rings. The summed E-state index contributed by atoms with van der Waals surface area (Å²) in [5, 5.41) is 0. The molecule has 0 amide bonds. The molecule has 0 bridgehead atoms. The number of hydrogen-bond donors (Lipinski definition) is 0. The van der Waals surface area contributed by atoms with E-state index < -0.39 is 6.10 Å². The Labute approximate surface area is 499 Å². The van der Waals surface area contributed by atoms with Gasteiger partial charge in [0.1, 0.15) is 13.2 Å². The van der Waals surface area contributed by atoms with E-state index in [-0.39, 0.29) is 31.1 Å². The van der Waals surface area contributed by atoms with Crippen LogP contribution in [-0.2, 0) is 28.6 Å². The highest BCUT2D eigenvalue weighted by Crippen LogP contribution is 2.15. The normalized spacial score (nSPS) is 13.2. The van der Waals surface area contributed by atoms with E-state index in [9.17, 15) is 14.4 Å². The highest BCUT2D eigenvalue weighted by atomic mass is 16.6. The van der Waals surface area contributed by atoms with Crippen molar-refractivity contribution in [1.82, 2.24) is 0 Å². The van der Waals surface area contributed by atoms with Crippen molar-refractivity contribution in [2.75, 3.05) is 13.2 Å². The zero-order valence-electron chi connectivity index (χ0n) is 52.2. The molecule has 6 nitrogen and oxygen atoms in total. The molecule has 0 aromatic carbocycles. The Kier molecular flexibility index (Phi) is 63.4. The van der Waals surface area contributed by atoms with E-state index in [0.29, 0.717) is 19.3 Å². The Balaban J connectivity index is 4.28. The Morgan fingerprint density at radius 1 is 0.247 bits per heavy atom. The second kappa shape index (κ2) is 67.5. The van der Waals surface area contributed by atoms with E-state index in [4.69, 9.17) is 14.2 Å². The van der Waals surface area contributed by atoms with Crippen LogP contribution < -0.4 is 0 Å². The average molecular weight is 1120 g/mol. The molecule has 456 valence electrons.